The van der Waals surface area contributed by atoms with Crippen LogP contribution in [0.2, 0.25) is 0 Å². The lowest BCUT2D eigenvalue weighted by Crippen LogP contribution is -2.32. The summed E-state index contributed by atoms with van der Waals surface area (Å²) in [7, 11) is -7.87. The molecule has 0 N–H and O–H groups in total. The van der Waals surface area contributed by atoms with Crippen LogP contribution in [0.4, 0.5) is 13.2 Å². The monoisotopic (exact) mass is 502 g/mol. The zero-order valence-electron chi connectivity index (χ0n) is 18.0. The second-order valence-corrected chi connectivity index (χ2v) is 12.2. The minimum atomic E-state index is -6.09. The summed E-state index contributed by atoms with van der Waals surface area (Å²) < 4.78 is 58.9. The van der Waals surface area contributed by atoms with E-state index in [1.54, 1.807) is 0 Å². The number of hydrogen-bond acceptors (Lipinski definition) is 3. The van der Waals surface area contributed by atoms with Gasteiger partial charge in [-0.05, 0) is 42.0 Å². The van der Waals surface area contributed by atoms with Crippen molar-refractivity contribution in [1.82, 2.24) is 0 Å². The van der Waals surface area contributed by atoms with Gasteiger partial charge in [0.15, 0.2) is 10.1 Å². The summed E-state index contributed by atoms with van der Waals surface area (Å²) in [4.78, 5) is 0. The topological polar surface area (TPSA) is 57.2 Å². The Labute approximate surface area is 198 Å². The molecule has 0 aliphatic carbocycles. The highest BCUT2D eigenvalue weighted by atomic mass is 32.2. The van der Waals surface area contributed by atoms with Crippen LogP contribution in [-0.4, -0.2) is 18.5 Å². The molecule has 0 unspecified atom stereocenters. The molecule has 0 heterocycles. The molecule has 176 valence electrons. The fourth-order valence-electron chi connectivity index (χ4n) is 3.63. The SMILES string of the molecule is O=S(=O)([O-])C(F)(F)F.c1ccc(C[P+](c2ccccc2)(c2ccccc2)c2ccccc2)cc1. The molecule has 34 heavy (non-hydrogen) atoms. The minimum absolute atomic E-state index is 1.03. The van der Waals surface area contributed by atoms with Crippen molar-refractivity contribution in [3.8, 4) is 0 Å². The van der Waals surface area contributed by atoms with Crippen molar-refractivity contribution in [2.45, 2.75) is 11.7 Å². The van der Waals surface area contributed by atoms with E-state index in [0.717, 1.165) is 6.16 Å². The largest absolute Gasteiger partial charge is 0.741 e. The molecule has 0 radical (unpaired) electrons. The van der Waals surface area contributed by atoms with Gasteiger partial charge in [0.2, 0.25) is 0 Å². The molecule has 0 aromatic heterocycles. The van der Waals surface area contributed by atoms with Gasteiger partial charge in [0, 0.05) is 0 Å². The quantitative estimate of drug-likeness (QED) is 0.213. The molecule has 0 aliphatic rings. The fourth-order valence-corrected chi connectivity index (χ4v) is 7.87. The number of halogens is 3. The van der Waals surface area contributed by atoms with Gasteiger partial charge in [-0.1, -0.05) is 84.9 Å². The Hall–Kier alpha value is -2.99. The Bertz CT molecular complexity index is 1170. The minimum Gasteiger partial charge on any atom is -0.741 e. The zero-order valence-corrected chi connectivity index (χ0v) is 19.7. The van der Waals surface area contributed by atoms with Crippen LogP contribution < -0.4 is 15.9 Å². The number of hydrogen-bond donors (Lipinski definition) is 0. The summed E-state index contributed by atoms with van der Waals surface area (Å²) >= 11 is 0. The summed E-state index contributed by atoms with van der Waals surface area (Å²) in [5, 5.41) is 4.30. The molecule has 0 bridgehead atoms. The van der Waals surface area contributed by atoms with Crippen molar-refractivity contribution in [2.24, 2.45) is 0 Å². The second kappa shape index (κ2) is 11.0. The van der Waals surface area contributed by atoms with E-state index in [0.29, 0.717) is 0 Å². The molecule has 0 fully saturated rings. The molecule has 0 atom stereocenters. The van der Waals surface area contributed by atoms with E-state index in [2.05, 4.69) is 121 Å². The number of benzene rings is 4. The molecule has 0 saturated heterocycles. The van der Waals surface area contributed by atoms with Crippen LogP contribution in [0, 0.1) is 0 Å². The molecule has 0 amide bonds. The summed E-state index contributed by atoms with van der Waals surface area (Å²) in [5.74, 6) is 0. The third-order valence-corrected chi connectivity index (χ3v) is 10.1. The van der Waals surface area contributed by atoms with E-state index in [9.17, 15) is 13.2 Å². The first-order valence-electron chi connectivity index (χ1n) is 10.3. The Morgan fingerprint density at radius 2 is 0.853 bits per heavy atom. The third-order valence-electron chi connectivity index (χ3n) is 5.14. The maximum Gasteiger partial charge on any atom is 0.485 e. The summed E-state index contributed by atoms with van der Waals surface area (Å²) in [5.41, 5.74) is -4.26. The molecule has 4 aromatic carbocycles. The highest BCUT2D eigenvalue weighted by Gasteiger charge is 2.45. The molecule has 8 heteroatoms. The molecule has 4 aromatic rings. The highest BCUT2D eigenvalue weighted by molar-refractivity contribution is 7.95. The normalized spacial score (nSPS) is 11.9. The van der Waals surface area contributed by atoms with Crippen molar-refractivity contribution in [1.29, 1.82) is 0 Å². The molecular formula is C26H22F3O3PS. The predicted octanol–water partition coefficient (Wildman–Crippen LogP) is 5.23. The van der Waals surface area contributed by atoms with Crippen molar-refractivity contribution in [3.05, 3.63) is 127 Å². The number of alkyl halides is 3. The third kappa shape index (κ3) is 6.11. The smallest absolute Gasteiger partial charge is 0.485 e. The summed E-state index contributed by atoms with van der Waals surface area (Å²) in [6, 6.07) is 44.0. The standard InChI is InChI=1S/C25H22P.CHF3O3S/c1-5-13-22(14-6-1)21-26(23-15-7-2-8-16-23,24-17-9-3-10-18-24)25-19-11-4-12-20-25;2-1(3,4)8(5,6)7/h1-20H,21H2;(H,5,6,7)/q+1;/p-1. The van der Waals surface area contributed by atoms with Gasteiger partial charge in [-0.15, -0.1) is 0 Å². The van der Waals surface area contributed by atoms with Gasteiger partial charge in [0.05, 0.1) is 6.16 Å². The van der Waals surface area contributed by atoms with Gasteiger partial charge < -0.3 is 4.55 Å². The van der Waals surface area contributed by atoms with Gasteiger partial charge in [0.1, 0.15) is 23.2 Å². The van der Waals surface area contributed by atoms with E-state index in [1.807, 2.05) is 0 Å². The highest BCUT2D eigenvalue weighted by Crippen LogP contribution is 2.58. The second-order valence-electron chi connectivity index (χ2n) is 7.36. The van der Waals surface area contributed by atoms with E-state index < -0.39 is 22.9 Å². The lowest BCUT2D eigenvalue weighted by molar-refractivity contribution is -0.0517. The van der Waals surface area contributed by atoms with Crippen LogP contribution in [-0.2, 0) is 16.3 Å². The molecule has 4 rings (SSSR count). The van der Waals surface area contributed by atoms with Crippen LogP contribution in [0.3, 0.4) is 0 Å². The average Bonchev–Trinajstić information content (AvgIpc) is 2.84. The molecule has 3 nitrogen and oxygen atoms in total. The first-order valence-corrected chi connectivity index (χ1v) is 13.6. The first-order chi connectivity index (χ1) is 16.1. The van der Waals surface area contributed by atoms with Gasteiger partial charge in [0.25, 0.3) is 0 Å². The molecule has 0 aliphatic heterocycles. The first kappa shape index (κ1) is 25.6. The number of rotatable bonds is 5. The van der Waals surface area contributed by atoms with E-state index in [1.165, 1.54) is 21.5 Å². The van der Waals surface area contributed by atoms with Crippen molar-refractivity contribution in [3.63, 3.8) is 0 Å². The van der Waals surface area contributed by atoms with Crippen LogP contribution in [0.15, 0.2) is 121 Å². The lowest BCUT2D eigenvalue weighted by atomic mass is 10.2. The Kier molecular flexibility index (Phi) is 8.26. The Morgan fingerprint density at radius 3 is 1.12 bits per heavy atom. The lowest BCUT2D eigenvalue weighted by Gasteiger charge is -2.27. The maximum atomic E-state index is 10.7. The van der Waals surface area contributed by atoms with E-state index in [4.69, 9.17) is 13.0 Å². The maximum absolute atomic E-state index is 10.7. The molecular weight excluding hydrogens is 480 g/mol. The zero-order chi connectivity index (χ0) is 24.7. The van der Waals surface area contributed by atoms with Crippen LogP contribution in [0.5, 0.6) is 0 Å². The van der Waals surface area contributed by atoms with E-state index >= 15 is 0 Å². The van der Waals surface area contributed by atoms with Gasteiger partial charge in [-0.2, -0.15) is 13.2 Å². The van der Waals surface area contributed by atoms with Crippen LogP contribution in [0.25, 0.3) is 0 Å². The van der Waals surface area contributed by atoms with Crippen LogP contribution in [0.1, 0.15) is 5.56 Å². The Morgan fingerprint density at radius 1 is 0.588 bits per heavy atom. The van der Waals surface area contributed by atoms with Crippen molar-refractivity contribution >= 4 is 33.3 Å². The van der Waals surface area contributed by atoms with Crippen molar-refractivity contribution < 1.29 is 26.1 Å². The van der Waals surface area contributed by atoms with E-state index in [-0.39, 0.29) is 0 Å². The Balaban J connectivity index is 0.000000350. The summed E-state index contributed by atoms with van der Waals surface area (Å²) in [6.45, 7) is 0. The fraction of sp³-hybridized carbons (Fsp3) is 0.0769. The van der Waals surface area contributed by atoms with Gasteiger partial charge in [-0.3, -0.25) is 0 Å². The average molecular weight is 502 g/mol. The van der Waals surface area contributed by atoms with Crippen LogP contribution >= 0.6 is 7.26 Å². The molecule has 0 spiro atoms. The van der Waals surface area contributed by atoms with Crippen molar-refractivity contribution in [2.75, 3.05) is 0 Å². The van der Waals surface area contributed by atoms with Gasteiger partial charge >= 0.3 is 5.51 Å². The summed E-state index contributed by atoms with van der Waals surface area (Å²) in [6.07, 6.45) is 1.03. The predicted molar refractivity (Wildman–Crippen MR) is 131 cm³/mol. The molecule has 0 saturated carbocycles. The van der Waals surface area contributed by atoms with Gasteiger partial charge in [-0.25, -0.2) is 8.42 Å².